The third-order valence-electron chi connectivity index (χ3n) is 3.82. The highest BCUT2D eigenvalue weighted by molar-refractivity contribution is 7.99. The number of thioether (sulfide) groups is 1. The van der Waals surface area contributed by atoms with E-state index < -0.39 is 0 Å². The molecule has 106 valence electrons. The van der Waals surface area contributed by atoms with Crippen molar-refractivity contribution in [3.63, 3.8) is 0 Å². The molecule has 0 aliphatic carbocycles. The Morgan fingerprint density at radius 3 is 3.05 bits per heavy atom. The summed E-state index contributed by atoms with van der Waals surface area (Å²) in [5.41, 5.74) is 1.79. The lowest BCUT2D eigenvalue weighted by atomic mass is 10.1. The third-order valence-corrected chi connectivity index (χ3v) is 5.13. The van der Waals surface area contributed by atoms with E-state index in [1.807, 2.05) is 24.3 Å². The van der Waals surface area contributed by atoms with Crippen LogP contribution in [0.4, 0.5) is 0 Å². The summed E-state index contributed by atoms with van der Waals surface area (Å²) in [6.45, 7) is 2.78. The summed E-state index contributed by atoms with van der Waals surface area (Å²) in [7, 11) is 0. The molecule has 3 rings (SSSR count). The lowest BCUT2D eigenvalue weighted by Gasteiger charge is -2.22. The summed E-state index contributed by atoms with van der Waals surface area (Å²) in [6, 6.07) is 7.33. The molecule has 1 saturated heterocycles. The van der Waals surface area contributed by atoms with Gasteiger partial charge in [0, 0.05) is 17.9 Å². The lowest BCUT2D eigenvalue weighted by Crippen LogP contribution is -2.46. The molecule has 20 heavy (non-hydrogen) atoms. The van der Waals surface area contributed by atoms with Crippen molar-refractivity contribution < 1.29 is 9.59 Å². The molecular weight excluding hydrogens is 272 g/mol. The quantitative estimate of drug-likeness (QED) is 0.865. The van der Waals surface area contributed by atoms with Crippen LogP contribution in [0, 0.1) is 0 Å². The van der Waals surface area contributed by atoms with Gasteiger partial charge in [0.1, 0.15) is 11.4 Å². The van der Waals surface area contributed by atoms with Gasteiger partial charge in [-0.15, -0.1) is 11.8 Å². The molecule has 1 aromatic carbocycles. The molecule has 0 spiro atoms. The van der Waals surface area contributed by atoms with Crippen LogP contribution >= 0.6 is 11.8 Å². The Hall–Kier alpha value is -1.49. The van der Waals surface area contributed by atoms with E-state index in [9.17, 15) is 9.59 Å². The summed E-state index contributed by atoms with van der Waals surface area (Å²) < 4.78 is 0. The van der Waals surface area contributed by atoms with E-state index in [0.717, 1.165) is 24.0 Å². The first-order chi connectivity index (χ1) is 9.74. The Balaban J connectivity index is 1.76. The summed E-state index contributed by atoms with van der Waals surface area (Å²) in [4.78, 5) is 26.4. The number of benzene rings is 1. The largest absolute Gasteiger partial charge is 0.354 e. The maximum atomic E-state index is 12.5. The van der Waals surface area contributed by atoms with Crippen molar-refractivity contribution in [2.24, 2.45) is 0 Å². The zero-order chi connectivity index (χ0) is 14.1. The van der Waals surface area contributed by atoms with Crippen molar-refractivity contribution in [1.82, 2.24) is 10.2 Å². The highest BCUT2D eigenvalue weighted by atomic mass is 32.2. The van der Waals surface area contributed by atoms with Gasteiger partial charge in [0.25, 0.3) is 5.91 Å². The van der Waals surface area contributed by atoms with Crippen LogP contribution in [0.25, 0.3) is 0 Å². The first kappa shape index (κ1) is 13.5. The topological polar surface area (TPSA) is 49.4 Å². The van der Waals surface area contributed by atoms with Gasteiger partial charge in [-0.25, -0.2) is 0 Å². The number of carbonyl (C=O) groups is 2. The average Bonchev–Trinajstić information content (AvgIpc) is 3.01. The van der Waals surface area contributed by atoms with E-state index in [0.29, 0.717) is 12.3 Å². The molecule has 1 N–H and O–H groups in total. The molecule has 0 bridgehead atoms. The van der Waals surface area contributed by atoms with Gasteiger partial charge in [0.05, 0.1) is 0 Å². The Morgan fingerprint density at radius 2 is 2.25 bits per heavy atom. The van der Waals surface area contributed by atoms with Crippen molar-refractivity contribution in [2.45, 2.75) is 31.2 Å². The van der Waals surface area contributed by atoms with Gasteiger partial charge >= 0.3 is 0 Å². The molecule has 2 heterocycles. The molecule has 5 heteroatoms. The van der Waals surface area contributed by atoms with Gasteiger partial charge in [-0.3, -0.25) is 9.59 Å². The number of unbranched alkanes of at least 4 members (excludes halogenated alkanes) is 1. The number of nitrogens with one attached hydrogen (secondary N) is 1. The second-order valence-corrected chi connectivity index (χ2v) is 6.26. The maximum Gasteiger partial charge on any atom is 0.256 e. The number of rotatable bonds is 4. The van der Waals surface area contributed by atoms with Gasteiger partial charge in [0.2, 0.25) is 5.91 Å². The zero-order valence-electron chi connectivity index (χ0n) is 11.5. The molecule has 2 aliphatic rings. The first-order valence-corrected chi connectivity index (χ1v) is 8.09. The molecule has 2 atom stereocenters. The number of carbonyl (C=O) groups excluding carboxylic acids is 2. The molecule has 2 amide bonds. The van der Waals surface area contributed by atoms with Crippen LogP contribution in [-0.2, 0) is 4.79 Å². The third kappa shape index (κ3) is 2.10. The molecule has 4 nitrogen and oxygen atoms in total. The highest BCUT2D eigenvalue weighted by Gasteiger charge is 2.48. The predicted octanol–water partition coefficient (Wildman–Crippen LogP) is 2.17. The van der Waals surface area contributed by atoms with Crippen molar-refractivity contribution >= 4 is 23.6 Å². The fourth-order valence-electron chi connectivity index (χ4n) is 2.75. The summed E-state index contributed by atoms with van der Waals surface area (Å²) in [5.74, 6) is 0.656. The fourth-order valence-corrected chi connectivity index (χ4v) is 4.21. The van der Waals surface area contributed by atoms with E-state index in [1.165, 1.54) is 0 Å². The van der Waals surface area contributed by atoms with Crippen LogP contribution in [0.2, 0.25) is 0 Å². The second-order valence-electron chi connectivity index (χ2n) is 5.15. The standard InChI is InChI=1S/C15H18N2O2S/c1-2-3-8-16-13(18)12-9-20-15-11-7-5-4-6-10(11)14(19)17(12)15/h4-7,12,15H,2-3,8-9H2,1H3,(H,16,18)/t12-,15-/m0/s1. The van der Waals surface area contributed by atoms with E-state index in [4.69, 9.17) is 0 Å². The van der Waals surface area contributed by atoms with E-state index in [2.05, 4.69) is 12.2 Å². The molecule has 1 fully saturated rings. The van der Waals surface area contributed by atoms with Crippen LogP contribution in [0.3, 0.4) is 0 Å². The summed E-state index contributed by atoms with van der Waals surface area (Å²) >= 11 is 1.68. The Morgan fingerprint density at radius 1 is 1.45 bits per heavy atom. The fraction of sp³-hybridized carbons (Fsp3) is 0.467. The molecule has 1 aromatic rings. The monoisotopic (exact) mass is 290 g/mol. The van der Waals surface area contributed by atoms with Gasteiger partial charge in [-0.05, 0) is 18.1 Å². The number of fused-ring (bicyclic) bond motifs is 3. The van der Waals surface area contributed by atoms with Crippen molar-refractivity contribution in [1.29, 1.82) is 0 Å². The van der Waals surface area contributed by atoms with Gasteiger partial charge in [-0.1, -0.05) is 31.5 Å². The lowest BCUT2D eigenvalue weighted by molar-refractivity contribution is -0.124. The molecule has 0 saturated carbocycles. The Kier molecular flexibility index (Phi) is 3.70. The van der Waals surface area contributed by atoms with E-state index in [-0.39, 0.29) is 23.2 Å². The number of hydrogen-bond acceptors (Lipinski definition) is 3. The number of hydrogen-bond donors (Lipinski definition) is 1. The molecular formula is C15H18N2O2S. The minimum atomic E-state index is -0.332. The van der Waals surface area contributed by atoms with Crippen molar-refractivity contribution in [3.8, 4) is 0 Å². The van der Waals surface area contributed by atoms with Crippen molar-refractivity contribution in [2.75, 3.05) is 12.3 Å². The Labute approximate surface area is 122 Å². The van der Waals surface area contributed by atoms with E-state index in [1.54, 1.807) is 16.7 Å². The van der Waals surface area contributed by atoms with E-state index >= 15 is 0 Å². The van der Waals surface area contributed by atoms with Gasteiger partial charge in [-0.2, -0.15) is 0 Å². The average molecular weight is 290 g/mol. The highest BCUT2D eigenvalue weighted by Crippen LogP contribution is 2.47. The van der Waals surface area contributed by atoms with Crippen LogP contribution in [0.15, 0.2) is 24.3 Å². The number of amides is 2. The SMILES string of the molecule is CCCCNC(=O)[C@@H]1CS[C@H]2c3ccccc3C(=O)N12. The van der Waals surface area contributed by atoms with Crippen LogP contribution in [-0.4, -0.2) is 35.1 Å². The minimum absolute atomic E-state index is 0.00811. The number of nitrogens with zero attached hydrogens (tertiary/aromatic N) is 1. The molecule has 0 unspecified atom stereocenters. The second kappa shape index (κ2) is 5.48. The van der Waals surface area contributed by atoms with Gasteiger partial charge < -0.3 is 10.2 Å². The molecule has 0 aromatic heterocycles. The summed E-state index contributed by atoms with van der Waals surface area (Å²) in [6.07, 6.45) is 2.03. The first-order valence-electron chi connectivity index (χ1n) is 7.05. The van der Waals surface area contributed by atoms with Crippen LogP contribution < -0.4 is 5.32 Å². The summed E-state index contributed by atoms with van der Waals surface area (Å²) in [5, 5.41) is 2.95. The molecule has 0 radical (unpaired) electrons. The molecule has 2 aliphatic heterocycles. The maximum absolute atomic E-state index is 12.5. The van der Waals surface area contributed by atoms with Crippen LogP contribution in [0.5, 0.6) is 0 Å². The van der Waals surface area contributed by atoms with Gasteiger partial charge in [0.15, 0.2) is 0 Å². The van der Waals surface area contributed by atoms with Crippen molar-refractivity contribution in [3.05, 3.63) is 35.4 Å². The predicted molar refractivity (Wildman–Crippen MR) is 79.5 cm³/mol. The van der Waals surface area contributed by atoms with Crippen LogP contribution in [0.1, 0.15) is 41.1 Å². The zero-order valence-corrected chi connectivity index (χ0v) is 12.3. The minimum Gasteiger partial charge on any atom is -0.354 e. The Bertz CT molecular complexity index is 546. The normalized spacial score (nSPS) is 23.6. The smallest absolute Gasteiger partial charge is 0.256 e.